The minimum atomic E-state index is 0.0591. The second kappa shape index (κ2) is 5.09. The third-order valence-electron chi connectivity index (χ3n) is 2.11. The average Bonchev–Trinajstić information content (AvgIpc) is 2.69. The van der Waals surface area contributed by atoms with Crippen LogP contribution in [0.3, 0.4) is 0 Å². The summed E-state index contributed by atoms with van der Waals surface area (Å²) in [4.78, 5) is 13.2. The highest BCUT2D eigenvalue weighted by molar-refractivity contribution is 8.00. The van der Waals surface area contributed by atoms with Gasteiger partial charge < -0.3 is 15.8 Å². The van der Waals surface area contributed by atoms with Crippen molar-refractivity contribution < 1.29 is 10.0 Å². The van der Waals surface area contributed by atoms with E-state index in [1.807, 2.05) is 0 Å². The Labute approximate surface area is 87.3 Å². The molecule has 0 aliphatic carbocycles. The summed E-state index contributed by atoms with van der Waals surface area (Å²) in [6.07, 6.45) is 2.03. The van der Waals surface area contributed by atoms with Crippen LogP contribution in [0.2, 0.25) is 0 Å². The lowest BCUT2D eigenvalue weighted by Gasteiger charge is -2.19. The summed E-state index contributed by atoms with van der Waals surface area (Å²) in [7, 11) is 1.67. The molecule has 1 aliphatic rings. The number of nitrogens with zero attached hydrogens (tertiary/aromatic N) is 2. The van der Waals surface area contributed by atoms with E-state index in [9.17, 15) is 4.79 Å². The molecule has 14 heavy (non-hydrogen) atoms. The summed E-state index contributed by atoms with van der Waals surface area (Å²) in [6, 6.07) is 0. The molecule has 1 rings (SSSR count). The number of amidine groups is 1. The third kappa shape index (κ3) is 2.80. The summed E-state index contributed by atoms with van der Waals surface area (Å²) >= 11 is 1.68. The van der Waals surface area contributed by atoms with Crippen molar-refractivity contribution in [2.45, 2.75) is 18.1 Å². The largest absolute Gasteiger partial charge is 0.409 e. The first-order valence-electron chi connectivity index (χ1n) is 4.48. The Hall–Kier alpha value is -0.910. The van der Waals surface area contributed by atoms with Crippen molar-refractivity contribution in [2.24, 2.45) is 10.9 Å². The maximum atomic E-state index is 11.7. The van der Waals surface area contributed by atoms with Gasteiger partial charge in [-0.3, -0.25) is 4.79 Å². The van der Waals surface area contributed by atoms with Crippen LogP contribution < -0.4 is 5.73 Å². The number of carbonyl (C=O) groups is 1. The zero-order valence-corrected chi connectivity index (χ0v) is 8.96. The van der Waals surface area contributed by atoms with Gasteiger partial charge in [0.1, 0.15) is 0 Å². The van der Waals surface area contributed by atoms with Crippen LogP contribution in [0.15, 0.2) is 5.16 Å². The van der Waals surface area contributed by atoms with E-state index in [-0.39, 0.29) is 23.5 Å². The van der Waals surface area contributed by atoms with Gasteiger partial charge in [0.2, 0.25) is 5.91 Å². The number of hydrogen-bond donors (Lipinski definition) is 2. The minimum absolute atomic E-state index is 0.0591. The summed E-state index contributed by atoms with van der Waals surface area (Å²) in [6.45, 7) is 0.187. The number of thioether (sulfide) groups is 1. The van der Waals surface area contributed by atoms with Gasteiger partial charge in [0.25, 0.3) is 0 Å². The number of likely N-dealkylation sites (N-methyl/N-ethyl adjacent to an activating group) is 1. The minimum Gasteiger partial charge on any atom is -0.409 e. The van der Waals surface area contributed by atoms with Crippen molar-refractivity contribution in [2.75, 3.05) is 19.3 Å². The smallest absolute Gasteiger partial charge is 0.235 e. The molecule has 0 saturated carbocycles. The van der Waals surface area contributed by atoms with Gasteiger partial charge >= 0.3 is 0 Å². The molecule has 1 unspecified atom stereocenters. The molecule has 5 nitrogen and oxygen atoms in total. The molecule has 0 aromatic carbocycles. The van der Waals surface area contributed by atoms with E-state index in [4.69, 9.17) is 10.9 Å². The molecule has 0 aromatic rings. The van der Waals surface area contributed by atoms with Gasteiger partial charge in [-0.25, -0.2) is 0 Å². The Kier molecular flexibility index (Phi) is 4.06. The van der Waals surface area contributed by atoms with E-state index in [1.54, 1.807) is 18.8 Å². The van der Waals surface area contributed by atoms with Gasteiger partial charge in [0.15, 0.2) is 5.84 Å². The normalized spacial score (nSPS) is 22.4. The molecule has 1 fully saturated rings. The fraction of sp³-hybridized carbons (Fsp3) is 0.750. The standard InChI is InChI=1S/C8H15N3O2S/c1-11(5-7(9)10-13)8(12)6-3-2-4-14-6/h6,13H,2-5H2,1H3,(H2,9,10). The van der Waals surface area contributed by atoms with E-state index in [2.05, 4.69) is 5.16 Å². The molecule has 0 bridgehead atoms. The molecule has 0 aromatic heterocycles. The van der Waals surface area contributed by atoms with Gasteiger partial charge in [-0.15, -0.1) is 11.8 Å². The first-order valence-corrected chi connectivity index (χ1v) is 5.53. The predicted molar refractivity (Wildman–Crippen MR) is 56.5 cm³/mol. The van der Waals surface area contributed by atoms with Crippen LogP contribution in [0.5, 0.6) is 0 Å². The second-order valence-electron chi connectivity index (χ2n) is 3.29. The SMILES string of the molecule is CN(CC(N)=NO)C(=O)C1CCCS1. The lowest BCUT2D eigenvalue weighted by Crippen LogP contribution is -2.39. The highest BCUT2D eigenvalue weighted by atomic mass is 32.2. The molecule has 0 radical (unpaired) electrons. The Balaban J connectivity index is 2.43. The fourth-order valence-electron chi connectivity index (χ4n) is 1.37. The molecule has 1 saturated heterocycles. The van der Waals surface area contributed by atoms with Crippen molar-refractivity contribution in [1.82, 2.24) is 4.90 Å². The topological polar surface area (TPSA) is 78.9 Å². The number of oxime groups is 1. The van der Waals surface area contributed by atoms with E-state index in [0.29, 0.717) is 0 Å². The monoisotopic (exact) mass is 217 g/mol. The molecule has 80 valence electrons. The average molecular weight is 217 g/mol. The first kappa shape index (κ1) is 11.2. The van der Waals surface area contributed by atoms with E-state index >= 15 is 0 Å². The molecule has 0 spiro atoms. The van der Waals surface area contributed by atoms with Crippen LogP contribution in [-0.2, 0) is 4.79 Å². The summed E-state index contributed by atoms with van der Waals surface area (Å²) in [5.41, 5.74) is 5.31. The molecule has 6 heteroatoms. The van der Waals surface area contributed by atoms with Crippen molar-refractivity contribution in [3.63, 3.8) is 0 Å². The number of nitrogens with two attached hydrogens (primary N) is 1. The van der Waals surface area contributed by atoms with Crippen LogP contribution in [-0.4, -0.2) is 46.4 Å². The van der Waals surface area contributed by atoms with E-state index in [1.165, 1.54) is 4.90 Å². The van der Waals surface area contributed by atoms with Gasteiger partial charge in [0, 0.05) is 7.05 Å². The number of amides is 1. The van der Waals surface area contributed by atoms with Crippen LogP contribution in [0.1, 0.15) is 12.8 Å². The predicted octanol–water partition coefficient (Wildman–Crippen LogP) is 0.0868. The Bertz CT molecular complexity index is 239. The highest BCUT2D eigenvalue weighted by Crippen LogP contribution is 2.27. The second-order valence-corrected chi connectivity index (χ2v) is 4.60. The third-order valence-corrected chi connectivity index (χ3v) is 3.47. The zero-order valence-electron chi connectivity index (χ0n) is 8.14. The maximum absolute atomic E-state index is 11.7. The van der Waals surface area contributed by atoms with Gasteiger partial charge in [0.05, 0.1) is 11.8 Å². The number of rotatable bonds is 3. The molecular formula is C8H15N3O2S. The number of hydrogen-bond acceptors (Lipinski definition) is 4. The Morgan fingerprint density at radius 3 is 3.00 bits per heavy atom. The molecule has 1 amide bonds. The summed E-state index contributed by atoms with van der Waals surface area (Å²) < 4.78 is 0. The summed E-state index contributed by atoms with van der Waals surface area (Å²) in [5, 5.41) is 11.2. The van der Waals surface area contributed by atoms with E-state index in [0.717, 1.165) is 18.6 Å². The Morgan fingerprint density at radius 1 is 1.79 bits per heavy atom. The molecule has 3 N–H and O–H groups in total. The van der Waals surface area contributed by atoms with Gasteiger partial charge in [-0.05, 0) is 18.6 Å². The van der Waals surface area contributed by atoms with Crippen LogP contribution >= 0.6 is 11.8 Å². The van der Waals surface area contributed by atoms with Crippen molar-refractivity contribution in [3.05, 3.63) is 0 Å². The zero-order chi connectivity index (χ0) is 10.6. The molecule has 1 heterocycles. The van der Waals surface area contributed by atoms with Gasteiger partial charge in [-0.1, -0.05) is 5.16 Å². The summed E-state index contributed by atoms with van der Waals surface area (Å²) in [5.74, 6) is 1.18. The van der Waals surface area contributed by atoms with Crippen LogP contribution in [0.4, 0.5) is 0 Å². The number of carbonyl (C=O) groups excluding carboxylic acids is 1. The molecule has 1 aliphatic heterocycles. The molecule has 1 atom stereocenters. The fourth-order valence-corrected chi connectivity index (χ4v) is 2.64. The first-order chi connectivity index (χ1) is 6.65. The Morgan fingerprint density at radius 2 is 2.50 bits per heavy atom. The van der Waals surface area contributed by atoms with Crippen molar-refractivity contribution in [3.8, 4) is 0 Å². The highest BCUT2D eigenvalue weighted by Gasteiger charge is 2.26. The molecular weight excluding hydrogens is 202 g/mol. The quantitative estimate of drug-likeness (QED) is 0.304. The van der Waals surface area contributed by atoms with Crippen molar-refractivity contribution in [1.29, 1.82) is 0 Å². The maximum Gasteiger partial charge on any atom is 0.235 e. The van der Waals surface area contributed by atoms with Crippen LogP contribution in [0.25, 0.3) is 0 Å². The lowest BCUT2D eigenvalue weighted by atomic mass is 10.2. The van der Waals surface area contributed by atoms with E-state index < -0.39 is 0 Å². The van der Waals surface area contributed by atoms with Crippen molar-refractivity contribution >= 4 is 23.5 Å². The van der Waals surface area contributed by atoms with Crippen LogP contribution in [0, 0.1) is 0 Å². The lowest BCUT2D eigenvalue weighted by molar-refractivity contribution is -0.128. The van der Waals surface area contributed by atoms with Gasteiger partial charge in [-0.2, -0.15) is 0 Å².